The quantitative estimate of drug-likeness (QED) is 0.735. The molecule has 0 amide bonds. The van der Waals surface area contributed by atoms with Crippen LogP contribution in [0.15, 0.2) is 12.3 Å². The van der Waals surface area contributed by atoms with E-state index in [1.807, 2.05) is 13.8 Å². The Labute approximate surface area is 78.8 Å². The first-order chi connectivity index (χ1) is 6.27. The van der Waals surface area contributed by atoms with Gasteiger partial charge in [0, 0.05) is 19.3 Å². The van der Waals surface area contributed by atoms with E-state index in [9.17, 15) is 0 Å². The van der Waals surface area contributed by atoms with Crippen molar-refractivity contribution in [1.82, 2.24) is 4.98 Å². The number of rotatable bonds is 4. The molecular formula is C10H16N2O. The first-order valence-electron chi connectivity index (χ1n) is 4.58. The molecule has 1 rings (SSSR count). The molecule has 0 aliphatic heterocycles. The Morgan fingerprint density at radius 3 is 2.85 bits per heavy atom. The maximum absolute atomic E-state index is 8.74. The molecule has 0 bridgehead atoms. The molecular weight excluding hydrogens is 164 g/mol. The highest BCUT2D eigenvalue weighted by Crippen LogP contribution is 2.12. The average Bonchev–Trinajstić information content (AvgIpc) is 2.10. The third-order valence-corrected chi connectivity index (χ3v) is 1.88. The largest absolute Gasteiger partial charge is 0.396 e. The third-order valence-electron chi connectivity index (χ3n) is 1.88. The molecule has 13 heavy (non-hydrogen) atoms. The normalized spacial score (nSPS) is 10.1. The van der Waals surface area contributed by atoms with E-state index < -0.39 is 0 Å². The second-order valence-corrected chi connectivity index (χ2v) is 3.01. The zero-order chi connectivity index (χ0) is 9.68. The lowest BCUT2D eigenvalue weighted by Crippen LogP contribution is -2.02. The van der Waals surface area contributed by atoms with Gasteiger partial charge in [-0.1, -0.05) is 6.07 Å². The Hall–Kier alpha value is -1.09. The number of aryl methyl sites for hydroxylation is 1. The first kappa shape index (κ1) is 9.99. The van der Waals surface area contributed by atoms with Crippen LogP contribution in [-0.4, -0.2) is 23.2 Å². The van der Waals surface area contributed by atoms with Gasteiger partial charge in [-0.2, -0.15) is 0 Å². The number of nitrogens with zero attached hydrogens (tertiary/aromatic N) is 1. The van der Waals surface area contributed by atoms with Crippen molar-refractivity contribution in [2.75, 3.05) is 18.5 Å². The summed E-state index contributed by atoms with van der Waals surface area (Å²) in [5.41, 5.74) is 2.22. The highest BCUT2D eigenvalue weighted by Gasteiger charge is 1.99. The summed E-state index contributed by atoms with van der Waals surface area (Å²) >= 11 is 0. The van der Waals surface area contributed by atoms with Gasteiger partial charge in [-0.3, -0.25) is 0 Å². The Morgan fingerprint density at radius 2 is 2.31 bits per heavy atom. The fourth-order valence-corrected chi connectivity index (χ4v) is 1.25. The van der Waals surface area contributed by atoms with E-state index in [0.29, 0.717) is 6.42 Å². The van der Waals surface area contributed by atoms with Crippen molar-refractivity contribution in [3.63, 3.8) is 0 Å². The SMILES string of the molecule is CCNc1ncc(CCO)cc1C. The van der Waals surface area contributed by atoms with E-state index in [-0.39, 0.29) is 6.61 Å². The van der Waals surface area contributed by atoms with Crippen molar-refractivity contribution in [3.8, 4) is 0 Å². The molecule has 1 aromatic heterocycles. The molecule has 1 aromatic rings. The lowest BCUT2D eigenvalue weighted by atomic mass is 10.1. The molecule has 3 nitrogen and oxygen atoms in total. The number of aliphatic hydroxyl groups is 1. The lowest BCUT2D eigenvalue weighted by molar-refractivity contribution is 0.299. The highest BCUT2D eigenvalue weighted by molar-refractivity contribution is 5.44. The molecule has 0 atom stereocenters. The van der Waals surface area contributed by atoms with Crippen molar-refractivity contribution in [3.05, 3.63) is 23.4 Å². The van der Waals surface area contributed by atoms with Gasteiger partial charge >= 0.3 is 0 Å². The number of aromatic nitrogens is 1. The monoisotopic (exact) mass is 180 g/mol. The summed E-state index contributed by atoms with van der Waals surface area (Å²) in [4.78, 5) is 4.26. The summed E-state index contributed by atoms with van der Waals surface area (Å²) < 4.78 is 0. The number of hydrogen-bond acceptors (Lipinski definition) is 3. The van der Waals surface area contributed by atoms with Gasteiger partial charge in [0.05, 0.1) is 0 Å². The van der Waals surface area contributed by atoms with Crippen LogP contribution in [0.2, 0.25) is 0 Å². The van der Waals surface area contributed by atoms with Crippen LogP contribution >= 0.6 is 0 Å². The van der Waals surface area contributed by atoms with Crippen LogP contribution in [-0.2, 0) is 6.42 Å². The second kappa shape index (κ2) is 4.82. The van der Waals surface area contributed by atoms with Gasteiger partial charge < -0.3 is 10.4 Å². The smallest absolute Gasteiger partial charge is 0.128 e. The number of nitrogens with one attached hydrogen (secondary N) is 1. The lowest BCUT2D eigenvalue weighted by Gasteiger charge is -2.07. The molecule has 0 aliphatic rings. The van der Waals surface area contributed by atoms with Crippen LogP contribution in [0.3, 0.4) is 0 Å². The highest BCUT2D eigenvalue weighted by atomic mass is 16.2. The van der Waals surface area contributed by atoms with E-state index in [4.69, 9.17) is 5.11 Å². The third kappa shape index (κ3) is 2.70. The second-order valence-electron chi connectivity index (χ2n) is 3.01. The molecule has 0 aromatic carbocycles. The van der Waals surface area contributed by atoms with Crippen molar-refractivity contribution in [2.45, 2.75) is 20.3 Å². The minimum Gasteiger partial charge on any atom is -0.396 e. The molecule has 0 unspecified atom stereocenters. The number of aliphatic hydroxyl groups excluding tert-OH is 1. The predicted molar refractivity (Wildman–Crippen MR) is 53.9 cm³/mol. The summed E-state index contributed by atoms with van der Waals surface area (Å²) in [5, 5.41) is 11.9. The average molecular weight is 180 g/mol. The standard InChI is InChI=1S/C10H16N2O/c1-3-11-10-8(2)6-9(4-5-13)7-12-10/h6-7,13H,3-5H2,1-2H3,(H,11,12). The maximum Gasteiger partial charge on any atom is 0.128 e. The van der Waals surface area contributed by atoms with E-state index in [1.54, 1.807) is 6.20 Å². The van der Waals surface area contributed by atoms with Crippen LogP contribution in [0.5, 0.6) is 0 Å². The number of pyridine rings is 1. The molecule has 0 radical (unpaired) electrons. The van der Waals surface area contributed by atoms with E-state index in [1.165, 1.54) is 0 Å². The molecule has 1 heterocycles. The molecule has 2 N–H and O–H groups in total. The Kier molecular flexibility index (Phi) is 3.71. The van der Waals surface area contributed by atoms with Crippen molar-refractivity contribution < 1.29 is 5.11 Å². The van der Waals surface area contributed by atoms with Crippen LogP contribution in [0, 0.1) is 6.92 Å². The van der Waals surface area contributed by atoms with E-state index in [2.05, 4.69) is 16.4 Å². The fourth-order valence-electron chi connectivity index (χ4n) is 1.25. The van der Waals surface area contributed by atoms with Gasteiger partial charge in [-0.15, -0.1) is 0 Å². The zero-order valence-electron chi connectivity index (χ0n) is 8.17. The fraction of sp³-hybridized carbons (Fsp3) is 0.500. The van der Waals surface area contributed by atoms with Crippen molar-refractivity contribution in [2.24, 2.45) is 0 Å². The summed E-state index contributed by atoms with van der Waals surface area (Å²) in [7, 11) is 0. The molecule has 0 aliphatic carbocycles. The van der Waals surface area contributed by atoms with Gasteiger partial charge in [0.15, 0.2) is 0 Å². The Balaban J connectivity index is 2.79. The van der Waals surface area contributed by atoms with Crippen LogP contribution in [0.4, 0.5) is 5.82 Å². The van der Waals surface area contributed by atoms with Crippen LogP contribution in [0.1, 0.15) is 18.1 Å². The zero-order valence-corrected chi connectivity index (χ0v) is 8.17. The topological polar surface area (TPSA) is 45.2 Å². The molecule has 0 saturated heterocycles. The summed E-state index contributed by atoms with van der Waals surface area (Å²) in [5.74, 6) is 0.934. The van der Waals surface area contributed by atoms with Crippen molar-refractivity contribution >= 4 is 5.82 Å². The van der Waals surface area contributed by atoms with Gasteiger partial charge in [0.2, 0.25) is 0 Å². The Bertz CT molecular complexity index is 274. The van der Waals surface area contributed by atoms with Crippen molar-refractivity contribution in [1.29, 1.82) is 0 Å². The predicted octanol–water partition coefficient (Wildman–Crippen LogP) is 1.36. The Morgan fingerprint density at radius 1 is 1.54 bits per heavy atom. The number of hydrogen-bond donors (Lipinski definition) is 2. The van der Waals surface area contributed by atoms with E-state index >= 15 is 0 Å². The van der Waals surface area contributed by atoms with E-state index in [0.717, 1.165) is 23.5 Å². The minimum absolute atomic E-state index is 0.182. The molecule has 0 spiro atoms. The van der Waals surface area contributed by atoms with Crippen LogP contribution < -0.4 is 5.32 Å². The molecule has 3 heteroatoms. The summed E-state index contributed by atoms with van der Waals surface area (Å²) in [6.07, 6.45) is 2.49. The molecule has 0 saturated carbocycles. The maximum atomic E-state index is 8.74. The van der Waals surface area contributed by atoms with Gasteiger partial charge in [-0.05, 0) is 31.4 Å². The van der Waals surface area contributed by atoms with Crippen LogP contribution in [0.25, 0.3) is 0 Å². The summed E-state index contributed by atoms with van der Waals surface area (Å²) in [6, 6.07) is 2.06. The van der Waals surface area contributed by atoms with Gasteiger partial charge in [0.25, 0.3) is 0 Å². The summed E-state index contributed by atoms with van der Waals surface area (Å²) in [6.45, 7) is 5.13. The molecule has 0 fully saturated rings. The minimum atomic E-state index is 0.182. The van der Waals surface area contributed by atoms with Gasteiger partial charge in [0.1, 0.15) is 5.82 Å². The molecule has 72 valence electrons. The van der Waals surface area contributed by atoms with Gasteiger partial charge in [-0.25, -0.2) is 4.98 Å². The number of anilines is 1. The first-order valence-corrected chi connectivity index (χ1v) is 4.58.